The second-order valence-corrected chi connectivity index (χ2v) is 10.1. The molecule has 2 aromatic carbocycles. The van der Waals surface area contributed by atoms with Crippen molar-refractivity contribution in [1.29, 1.82) is 0 Å². The highest BCUT2D eigenvalue weighted by Crippen LogP contribution is 2.27. The van der Waals surface area contributed by atoms with Crippen molar-refractivity contribution in [2.24, 2.45) is 0 Å². The summed E-state index contributed by atoms with van der Waals surface area (Å²) >= 11 is 6.13. The Balaban J connectivity index is 1.61. The molecule has 9 nitrogen and oxygen atoms in total. The molecule has 0 atom stereocenters. The Morgan fingerprint density at radius 1 is 1.28 bits per heavy atom. The highest BCUT2D eigenvalue weighted by atomic mass is 35.5. The lowest BCUT2D eigenvalue weighted by Gasteiger charge is -2.25. The topological polar surface area (TPSA) is 113 Å². The van der Waals surface area contributed by atoms with Crippen molar-refractivity contribution in [3.8, 4) is 0 Å². The van der Waals surface area contributed by atoms with Gasteiger partial charge in [0.1, 0.15) is 5.52 Å². The lowest BCUT2D eigenvalue weighted by atomic mass is 10.1. The zero-order valence-electron chi connectivity index (χ0n) is 17.3. The van der Waals surface area contributed by atoms with Crippen LogP contribution in [0, 0.1) is 0 Å². The predicted molar refractivity (Wildman–Crippen MR) is 121 cm³/mol. The molecule has 32 heavy (non-hydrogen) atoms. The van der Waals surface area contributed by atoms with E-state index in [9.17, 15) is 18.0 Å². The molecular formula is C21H22ClN5O4S. The second kappa shape index (κ2) is 8.89. The zero-order chi connectivity index (χ0) is 22.9. The maximum Gasteiger partial charge on any atom is 0.234 e. The number of hydrogen-bond donors (Lipinski definition) is 2. The van der Waals surface area contributed by atoms with Crippen LogP contribution in [-0.2, 0) is 32.5 Å². The number of amides is 2. The van der Waals surface area contributed by atoms with Crippen molar-refractivity contribution in [2.45, 2.75) is 18.0 Å². The van der Waals surface area contributed by atoms with E-state index >= 15 is 0 Å². The van der Waals surface area contributed by atoms with Crippen LogP contribution >= 0.6 is 11.6 Å². The minimum Gasteiger partial charge on any atom is -0.354 e. The Morgan fingerprint density at radius 3 is 2.78 bits per heavy atom. The lowest BCUT2D eigenvalue weighted by Crippen LogP contribution is -2.47. The summed E-state index contributed by atoms with van der Waals surface area (Å²) in [5, 5.41) is 11.0. The summed E-state index contributed by atoms with van der Waals surface area (Å²) < 4.78 is 26.4. The van der Waals surface area contributed by atoms with E-state index in [-0.39, 0.29) is 29.7 Å². The number of sulfone groups is 1. The normalized spacial score (nSPS) is 15.0. The van der Waals surface area contributed by atoms with Crippen LogP contribution in [0.1, 0.15) is 5.56 Å². The number of hydrogen-bond acceptors (Lipinski definition) is 6. The quantitative estimate of drug-likeness (QED) is 0.560. The maximum absolute atomic E-state index is 12.5. The molecule has 0 bridgehead atoms. The number of fused-ring (bicyclic) bond motifs is 1. The second-order valence-electron chi connectivity index (χ2n) is 7.71. The zero-order valence-corrected chi connectivity index (χ0v) is 18.9. The number of nitrogens with zero attached hydrogens (tertiary/aromatic N) is 3. The van der Waals surface area contributed by atoms with Crippen LogP contribution in [0.25, 0.3) is 10.9 Å². The first-order valence-electron chi connectivity index (χ1n) is 9.92. The average molecular weight is 476 g/mol. The smallest absolute Gasteiger partial charge is 0.234 e. The molecule has 2 heterocycles. The minimum absolute atomic E-state index is 0.0261. The van der Waals surface area contributed by atoms with Crippen molar-refractivity contribution < 1.29 is 18.0 Å². The number of aromatic nitrogens is 2. The van der Waals surface area contributed by atoms with E-state index in [1.807, 2.05) is 4.90 Å². The van der Waals surface area contributed by atoms with Crippen LogP contribution in [0.15, 0.2) is 47.5 Å². The fraction of sp³-hybridized carbons (Fsp3) is 0.286. The van der Waals surface area contributed by atoms with Crippen LogP contribution in [0.3, 0.4) is 0 Å². The molecular weight excluding hydrogens is 454 g/mol. The van der Waals surface area contributed by atoms with Gasteiger partial charge >= 0.3 is 0 Å². The van der Waals surface area contributed by atoms with Gasteiger partial charge in [-0.2, -0.15) is 5.10 Å². The van der Waals surface area contributed by atoms with E-state index in [0.717, 1.165) is 6.26 Å². The molecule has 2 N–H and O–H groups in total. The molecule has 0 spiro atoms. The van der Waals surface area contributed by atoms with Gasteiger partial charge in [-0.25, -0.2) is 8.42 Å². The number of carbonyl (C=O) groups excluding carboxylic acids is 2. The number of piperazine rings is 1. The Labute approximate surface area is 190 Å². The standard InChI is InChI=1S/C21H22ClN5O4S/c1-32(30,31)18-10-16(24-19(28)9-14-4-2-3-5-17(14)22)8-15-11-27(25-21(15)18)13-26-7-6-23-20(29)12-26/h2-5,8,10-11H,6-7,9,12-13H2,1H3,(H,23,29)(H,24,28). The first kappa shape index (κ1) is 22.3. The van der Waals surface area contributed by atoms with Gasteiger partial charge in [-0.1, -0.05) is 29.8 Å². The number of benzene rings is 2. The summed E-state index contributed by atoms with van der Waals surface area (Å²) in [6.45, 7) is 1.82. The van der Waals surface area contributed by atoms with Crippen molar-refractivity contribution in [3.05, 3.63) is 53.2 Å². The summed E-state index contributed by atoms with van der Waals surface area (Å²) in [4.78, 5) is 26.1. The number of anilines is 1. The van der Waals surface area contributed by atoms with Gasteiger partial charge in [0.2, 0.25) is 11.8 Å². The van der Waals surface area contributed by atoms with Crippen LogP contribution < -0.4 is 10.6 Å². The molecule has 1 aliphatic rings. The molecule has 3 aromatic rings. The van der Waals surface area contributed by atoms with E-state index in [4.69, 9.17) is 11.6 Å². The molecule has 168 valence electrons. The first-order chi connectivity index (χ1) is 15.2. The van der Waals surface area contributed by atoms with Crippen molar-refractivity contribution in [1.82, 2.24) is 20.0 Å². The van der Waals surface area contributed by atoms with Gasteiger partial charge in [0, 0.05) is 41.6 Å². The van der Waals surface area contributed by atoms with Crippen LogP contribution in [0.5, 0.6) is 0 Å². The number of halogens is 1. The van der Waals surface area contributed by atoms with Crippen LogP contribution in [-0.4, -0.2) is 60.8 Å². The molecule has 1 aliphatic heterocycles. The minimum atomic E-state index is -3.61. The van der Waals surface area contributed by atoms with Gasteiger partial charge in [-0.3, -0.25) is 19.2 Å². The van der Waals surface area contributed by atoms with Gasteiger partial charge in [0.15, 0.2) is 9.84 Å². The number of carbonyl (C=O) groups is 2. The summed E-state index contributed by atoms with van der Waals surface area (Å²) in [6.07, 6.45) is 2.87. The Bertz CT molecular complexity index is 1300. The average Bonchev–Trinajstić information content (AvgIpc) is 3.10. The van der Waals surface area contributed by atoms with Gasteiger partial charge in [0.25, 0.3) is 0 Å². The molecule has 2 amide bonds. The molecule has 0 aliphatic carbocycles. The third-order valence-corrected chi connectivity index (χ3v) is 6.55. The molecule has 0 saturated carbocycles. The maximum atomic E-state index is 12.5. The summed E-state index contributed by atoms with van der Waals surface area (Å²) in [7, 11) is -3.61. The highest BCUT2D eigenvalue weighted by Gasteiger charge is 2.20. The van der Waals surface area contributed by atoms with Crippen LogP contribution in [0.4, 0.5) is 5.69 Å². The fourth-order valence-corrected chi connectivity index (χ4v) is 4.67. The van der Waals surface area contributed by atoms with E-state index in [1.165, 1.54) is 6.07 Å². The summed E-state index contributed by atoms with van der Waals surface area (Å²) in [5.74, 6) is -0.378. The third kappa shape index (κ3) is 5.09. The number of rotatable bonds is 6. The molecule has 11 heteroatoms. The highest BCUT2D eigenvalue weighted by molar-refractivity contribution is 7.91. The number of nitrogens with one attached hydrogen (secondary N) is 2. The van der Waals surface area contributed by atoms with Crippen LogP contribution in [0.2, 0.25) is 5.02 Å². The monoisotopic (exact) mass is 475 g/mol. The Kier molecular flexibility index (Phi) is 6.18. The predicted octanol–water partition coefficient (Wildman–Crippen LogP) is 1.66. The van der Waals surface area contributed by atoms with Gasteiger partial charge in [0.05, 0.1) is 24.5 Å². The van der Waals surface area contributed by atoms with Crippen molar-refractivity contribution in [2.75, 3.05) is 31.2 Å². The SMILES string of the molecule is CS(=O)(=O)c1cc(NC(=O)Cc2ccccc2Cl)cc2cn(CN3CCNC(=O)C3)nc12. The summed E-state index contributed by atoms with van der Waals surface area (Å²) in [6, 6.07) is 10.1. The Hall–Kier alpha value is -2.95. The molecule has 1 fully saturated rings. The Morgan fingerprint density at radius 2 is 2.06 bits per heavy atom. The van der Waals surface area contributed by atoms with Gasteiger partial charge < -0.3 is 10.6 Å². The first-order valence-corrected chi connectivity index (χ1v) is 12.2. The van der Waals surface area contributed by atoms with Crippen molar-refractivity contribution in [3.63, 3.8) is 0 Å². The van der Waals surface area contributed by atoms with Crippen molar-refractivity contribution >= 4 is 49.8 Å². The third-order valence-electron chi connectivity index (χ3n) is 5.08. The molecule has 1 aromatic heterocycles. The van der Waals surface area contributed by atoms with Gasteiger partial charge in [-0.05, 0) is 23.8 Å². The lowest BCUT2D eigenvalue weighted by molar-refractivity contribution is -0.124. The largest absolute Gasteiger partial charge is 0.354 e. The van der Waals surface area contributed by atoms with Gasteiger partial charge in [-0.15, -0.1) is 0 Å². The van der Waals surface area contributed by atoms with E-state index in [1.54, 1.807) is 41.2 Å². The molecule has 0 unspecified atom stereocenters. The van der Waals surface area contributed by atoms with E-state index in [2.05, 4.69) is 15.7 Å². The van der Waals surface area contributed by atoms with E-state index in [0.29, 0.717) is 46.9 Å². The molecule has 1 saturated heterocycles. The summed E-state index contributed by atoms with van der Waals surface area (Å²) in [5.41, 5.74) is 1.35. The fourth-order valence-electron chi connectivity index (χ4n) is 3.62. The molecule has 0 radical (unpaired) electrons. The molecule has 4 rings (SSSR count). The van der Waals surface area contributed by atoms with E-state index < -0.39 is 9.84 Å².